The molecule has 314 valence electrons. The summed E-state index contributed by atoms with van der Waals surface area (Å²) in [6.07, 6.45) is 3.62. The highest BCUT2D eigenvalue weighted by molar-refractivity contribution is 6.09. The van der Waals surface area contributed by atoms with Crippen molar-refractivity contribution < 1.29 is 33.4 Å². The molecule has 15 heteroatoms. The van der Waals surface area contributed by atoms with Gasteiger partial charge in [-0.2, -0.15) is 0 Å². The molecule has 0 radical (unpaired) electrons. The zero-order chi connectivity index (χ0) is 42.4. The molecule has 15 nitrogen and oxygen atoms in total. The number of methoxy groups -OCH3 is 2. The van der Waals surface area contributed by atoms with Crippen molar-refractivity contribution in [2.45, 2.75) is 70.3 Å². The van der Waals surface area contributed by atoms with E-state index in [1.54, 1.807) is 11.1 Å². The standard InChI is InChI=1S/C46H48N8O7/c1-25(2)37(51-45(57)59-3)43(55)54-21-9-13-36(54)42-48-33-19-18-32-30(39(33)50-42)16-17-31-29-15-14-27(22-28(29)24-61-40(31)32)34-23-47-41(49-34)35-12-8-20-53(35)44(56)38(52-46(58)60-4)26-10-6-5-7-11-26/h5-7,10-11,14-19,22-23,25,35-38H,8-9,12-13,20-21,24H2,1-4H3,(H,47,49)(H,48,50)(H,51,57)(H,52,58). The van der Waals surface area contributed by atoms with E-state index in [1.807, 2.05) is 55.1 Å². The third-order valence-electron chi connectivity index (χ3n) is 12.2. The van der Waals surface area contributed by atoms with Gasteiger partial charge in [0.2, 0.25) is 5.91 Å². The number of alkyl carbamates (subject to hydrolysis) is 2. The SMILES string of the molecule is COC(=O)NC(C(=O)N1CCCC1c1ncc(-c2ccc3c(c2)COc2c-3ccc3c2ccc2[nH]c(C4CCCN4C(=O)C(NC(=O)OC)C(C)C)nc23)[nH]1)c1ccccc1. The van der Waals surface area contributed by atoms with Crippen molar-refractivity contribution in [2.75, 3.05) is 27.3 Å². The highest BCUT2D eigenvalue weighted by Gasteiger charge is 2.39. The Morgan fingerprint density at radius 2 is 1.48 bits per heavy atom. The number of likely N-dealkylation sites (tertiary alicyclic amines) is 2. The van der Waals surface area contributed by atoms with Crippen LogP contribution in [0.15, 0.2) is 79.0 Å². The second kappa shape index (κ2) is 16.3. The normalized spacial score (nSPS) is 18.0. The topological polar surface area (TPSA) is 184 Å². The lowest BCUT2D eigenvalue weighted by molar-refractivity contribution is -0.135. The number of aromatic amines is 2. The average molecular weight is 825 g/mol. The summed E-state index contributed by atoms with van der Waals surface area (Å²) < 4.78 is 16.2. The van der Waals surface area contributed by atoms with Crippen LogP contribution >= 0.6 is 0 Å². The molecule has 4 unspecified atom stereocenters. The Bertz CT molecular complexity index is 2660. The summed E-state index contributed by atoms with van der Waals surface area (Å²) in [6.45, 7) is 5.29. The molecule has 4 aromatic carbocycles. The monoisotopic (exact) mass is 824 g/mol. The van der Waals surface area contributed by atoms with Crippen LogP contribution in [0.5, 0.6) is 5.75 Å². The molecule has 0 saturated carbocycles. The summed E-state index contributed by atoms with van der Waals surface area (Å²) in [4.78, 5) is 72.5. The zero-order valence-corrected chi connectivity index (χ0v) is 34.5. The molecule has 2 fully saturated rings. The van der Waals surface area contributed by atoms with Gasteiger partial charge in [0.25, 0.3) is 5.91 Å². The van der Waals surface area contributed by atoms with Crippen LogP contribution in [0.25, 0.3) is 44.2 Å². The number of nitrogens with zero attached hydrogens (tertiary/aromatic N) is 4. The Balaban J connectivity index is 0.954. The molecule has 9 rings (SSSR count). The van der Waals surface area contributed by atoms with Gasteiger partial charge >= 0.3 is 12.2 Å². The maximum atomic E-state index is 14.0. The highest BCUT2D eigenvalue weighted by atomic mass is 16.5. The number of fused-ring (bicyclic) bond motifs is 7. The molecule has 5 heterocycles. The van der Waals surface area contributed by atoms with Crippen LogP contribution < -0.4 is 15.4 Å². The fourth-order valence-corrected chi connectivity index (χ4v) is 9.12. The van der Waals surface area contributed by atoms with Crippen molar-refractivity contribution in [1.82, 2.24) is 40.4 Å². The molecule has 2 aromatic heterocycles. The van der Waals surface area contributed by atoms with E-state index in [0.717, 1.165) is 81.2 Å². The van der Waals surface area contributed by atoms with Crippen LogP contribution in [0.2, 0.25) is 0 Å². The second-order valence-corrected chi connectivity index (χ2v) is 16.2. The molecule has 2 saturated heterocycles. The molecule has 0 bridgehead atoms. The van der Waals surface area contributed by atoms with Crippen LogP contribution in [-0.4, -0.2) is 87.1 Å². The minimum absolute atomic E-state index is 0.126. The number of aromatic nitrogens is 4. The molecule has 4 amide bonds. The predicted octanol–water partition coefficient (Wildman–Crippen LogP) is 7.47. The molecule has 61 heavy (non-hydrogen) atoms. The Morgan fingerprint density at radius 1 is 0.787 bits per heavy atom. The van der Waals surface area contributed by atoms with E-state index in [9.17, 15) is 19.2 Å². The van der Waals surface area contributed by atoms with Gasteiger partial charge in [-0.3, -0.25) is 9.59 Å². The number of nitrogens with one attached hydrogen (secondary N) is 4. The van der Waals surface area contributed by atoms with Crippen LogP contribution in [0.1, 0.15) is 80.4 Å². The first-order valence-electron chi connectivity index (χ1n) is 20.7. The van der Waals surface area contributed by atoms with Crippen molar-refractivity contribution in [1.29, 1.82) is 0 Å². The van der Waals surface area contributed by atoms with E-state index in [-0.39, 0.29) is 29.8 Å². The minimum Gasteiger partial charge on any atom is -0.488 e. The lowest BCUT2D eigenvalue weighted by Gasteiger charge is -2.29. The molecule has 0 spiro atoms. The first kappa shape index (κ1) is 39.6. The number of amides is 4. The summed E-state index contributed by atoms with van der Waals surface area (Å²) in [6, 6.07) is 21.6. The second-order valence-electron chi connectivity index (χ2n) is 16.2. The third-order valence-corrected chi connectivity index (χ3v) is 12.2. The lowest BCUT2D eigenvalue weighted by Crippen LogP contribution is -2.51. The van der Waals surface area contributed by atoms with Gasteiger partial charge in [0.1, 0.15) is 36.1 Å². The van der Waals surface area contributed by atoms with Gasteiger partial charge in [-0.15, -0.1) is 0 Å². The zero-order valence-electron chi connectivity index (χ0n) is 34.5. The maximum absolute atomic E-state index is 14.0. The van der Waals surface area contributed by atoms with Crippen molar-refractivity contribution in [2.24, 2.45) is 5.92 Å². The van der Waals surface area contributed by atoms with Crippen LogP contribution in [-0.2, 0) is 25.7 Å². The average Bonchev–Trinajstić information content (AvgIpc) is 4.13. The highest BCUT2D eigenvalue weighted by Crippen LogP contribution is 2.45. The molecule has 0 aliphatic carbocycles. The molecular formula is C46H48N8O7. The fraction of sp³-hybridized carbons (Fsp3) is 0.348. The van der Waals surface area contributed by atoms with Gasteiger partial charge in [-0.05, 0) is 78.1 Å². The molecule has 3 aliphatic rings. The molecule has 4 atom stereocenters. The van der Waals surface area contributed by atoms with Gasteiger partial charge < -0.3 is 44.6 Å². The van der Waals surface area contributed by atoms with E-state index in [4.69, 9.17) is 24.2 Å². The number of imidazole rings is 2. The first-order chi connectivity index (χ1) is 29.6. The number of carbonyl (C=O) groups excluding carboxylic acids is 4. The Labute approximate surface area is 352 Å². The van der Waals surface area contributed by atoms with Crippen molar-refractivity contribution in [3.05, 3.63) is 102 Å². The maximum Gasteiger partial charge on any atom is 0.407 e. The molecule has 4 N–H and O–H groups in total. The van der Waals surface area contributed by atoms with Crippen LogP contribution in [0.4, 0.5) is 9.59 Å². The van der Waals surface area contributed by atoms with Crippen molar-refractivity contribution in [3.8, 4) is 28.1 Å². The number of ether oxygens (including phenoxy) is 3. The first-order valence-corrected chi connectivity index (χ1v) is 20.7. The lowest BCUT2D eigenvalue weighted by atomic mass is 9.92. The summed E-state index contributed by atoms with van der Waals surface area (Å²) in [7, 11) is 2.57. The van der Waals surface area contributed by atoms with Crippen LogP contribution in [0, 0.1) is 5.92 Å². The fourth-order valence-electron chi connectivity index (χ4n) is 9.12. The Hall–Kier alpha value is -6.90. The minimum atomic E-state index is -0.894. The van der Waals surface area contributed by atoms with Crippen molar-refractivity contribution in [3.63, 3.8) is 0 Å². The van der Waals surface area contributed by atoms with E-state index < -0.39 is 24.3 Å². The number of carbonyl (C=O) groups is 4. The summed E-state index contributed by atoms with van der Waals surface area (Å²) in [5.41, 5.74) is 7.22. The molecular weight excluding hydrogens is 777 g/mol. The Kier molecular flexibility index (Phi) is 10.6. The Morgan fingerprint density at radius 3 is 2.21 bits per heavy atom. The quantitative estimate of drug-likeness (QED) is 0.115. The number of hydrogen-bond acceptors (Lipinski definition) is 9. The summed E-state index contributed by atoms with van der Waals surface area (Å²) in [5.74, 6) is 1.70. The number of benzene rings is 4. The third kappa shape index (κ3) is 7.27. The number of H-pyrrole nitrogens is 2. The predicted molar refractivity (Wildman–Crippen MR) is 227 cm³/mol. The van der Waals surface area contributed by atoms with Gasteiger partial charge in [-0.1, -0.05) is 62.4 Å². The van der Waals surface area contributed by atoms with Gasteiger partial charge in [0.05, 0.1) is 49.2 Å². The van der Waals surface area contributed by atoms with E-state index in [1.165, 1.54) is 14.2 Å². The summed E-state index contributed by atoms with van der Waals surface area (Å²) >= 11 is 0. The molecule has 3 aliphatic heterocycles. The van der Waals surface area contributed by atoms with E-state index in [0.29, 0.717) is 36.9 Å². The van der Waals surface area contributed by atoms with Crippen LogP contribution in [0.3, 0.4) is 0 Å². The van der Waals surface area contributed by atoms with Gasteiger partial charge in [0.15, 0.2) is 0 Å². The summed E-state index contributed by atoms with van der Waals surface area (Å²) in [5, 5.41) is 7.33. The van der Waals surface area contributed by atoms with Gasteiger partial charge in [-0.25, -0.2) is 19.6 Å². The molecule has 6 aromatic rings. The van der Waals surface area contributed by atoms with E-state index in [2.05, 4.69) is 57.0 Å². The smallest absolute Gasteiger partial charge is 0.407 e. The van der Waals surface area contributed by atoms with E-state index >= 15 is 0 Å². The van der Waals surface area contributed by atoms with Gasteiger partial charge in [0, 0.05) is 29.4 Å². The largest absolute Gasteiger partial charge is 0.488 e. The number of hydrogen-bond donors (Lipinski definition) is 4. The van der Waals surface area contributed by atoms with Crippen molar-refractivity contribution >= 4 is 45.8 Å². The number of rotatable bonds is 9.